The van der Waals surface area contributed by atoms with Crippen molar-refractivity contribution < 1.29 is 29.4 Å². The summed E-state index contributed by atoms with van der Waals surface area (Å²) in [4.78, 5) is 40.7. The number of rotatable bonds is 11. The number of hydrogen-bond acceptors (Lipinski definition) is 10. The summed E-state index contributed by atoms with van der Waals surface area (Å²) in [6, 6.07) is 23.0. The average Bonchev–Trinajstić information content (AvgIpc) is 3.38. The van der Waals surface area contributed by atoms with Gasteiger partial charge in [-0.15, -0.1) is 4.73 Å². The van der Waals surface area contributed by atoms with E-state index in [9.17, 15) is 19.8 Å². The van der Waals surface area contributed by atoms with Gasteiger partial charge in [0.05, 0.1) is 6.54 Å². The first-order chi connectivity index (χ1) is 23.4. The number of carbonyl (C=O) groups excluding carboxylic acids is 2. The van der Waals surface area contributed by atoms with Crippen LogP contribution < -0.4 is 4.84 Å². The number of benzene rings is 2. The van der Waals surface area contributed by atoms with Gasteiger partial charge in [0, 0.05) is 70.9 Å². The Morgan fingerprint density at radius 1 is 0.667 bits per heavy atom. The highest BCUT2D eigenvalue weighted by molar-refractivity contribution is 5.71. The molecule has 2 saturated heterocycles. The van der Waals surface area contributed by atoms with Crippen LogP contribution in [0.1, 0.15) is 36.8 Å². The molecule has 3 atom stereocenters. The Hall–Kier alpha value is -3.90. The van der Waals surface area contributed by atoms with Crippen LogP contribution in [0, 0.1) is 5.92 Å². The summed E-state index contributed by atoms with van der Waals surface area (Å²) in [5.41, 5.74) is 2.34. The van der Waals surface area contributed by atoms with E-state index in [1.807, 2.05) is 30.3 Å². The molecule has 2 aromatic carbocycles. The molecule has 3 unspecified atom stereocenters. The van der Waals surface area contributed by atoms with Crippen LogP contribution in [0.4, 0.5) is 0 Å². The molecule has 0 spiro atoms. The van der Waals surface area contributed by atoms with Crippen molar-refractivity contribution in [1.82, 2.24) is 24.3 Å². The number of aromatic hydroxyl groups is 2. The van der Waals surface area contributed by atoms with Crippen LogP contribution in [-0.2, 0) is 27.4 Å². The highest BCUT2D eigenvalue weighted by Gasteiger charge is 2.25. The molecule has 0 amide bonds. The minimum absolute atomic E-state index is 0.173. The van der Waals surface area contributed by atoms with Crippen molar-refractivity contribution in [3.8, 4) is 11.8 Å². The van der Waals surface area contributed by atoms with Gasteiger partial charge in [-0.2, -0.15) is 0 Å². The monoisotopic (exact) mass is 661 g/mol. The smallest absolute Gasteiger partial charge is 0.333 e. The van der Waals surface area contributed by atoms with Gasteiger partial charge < -0.3 is 34.5 Å². The lowest BCUT2D eigenvalue weighted by Crippen LogP contribution is -2.41. The van der Waals surface area contributed by atoms with Gasteiger partial charge in [0.25, 0.3) is 0 Å². The molecule has 3 heterocycles. The van der Waals surface area contributed by atoms with Crippen LogP contribution in [-0.4, -0.2) is 125 Å². The molecule has 48 heavy (non-hydrogen) atoms. The molecular weight excluding hydrogens is 610 g/mol. The highest BCUT2D eigenvalue weighted by Crippen LogP contribution is 2.20. The van der Waals surface area contributed by atoms with Gasteiger partial charge in [-0.05, 0) is 62.4 Å². The molecular formula is C37H51N5O6. The maximum Gasteiger partial charge on any atom is 0.333 e. The van der Waals surface area contributed by atoms with Crippen molar-refractivity contribution in [3.05, 3.63) is 83.9 Å². The minimum Gasteiger partial charge on any atom is -0.492 e. The normalized spacial score (nSPS) is 21.6. The third kappa shape index (κ3) is 11.7. The van der Waals surface area contributed by atoms with Crippen LogP contribution in [0.2, 0.25) is 0 Å². The second-order valence-electron chi connectivity index (χ2n) is 13.0. The molecule has 5 rings (SSSR count). The second kappa shape index (κ2) is 18.6. The molecule has 2 fully saturated rings. The van der Waals surface area contributed by atoms with E-state index in [1.165, 1.54) is 17.7 Å². The summed E-state index contributed by atoms with van der Waals surface area (Å²) in [5.74, 6) is -1.12. The Labute approximate surface area is 284 Å². The molecule has 0 aliphatic carbocycles. The lowest BCUT2D eigenvalue weighted by Gasteiger charge is -2.31. The molecule has 2 N–H and O–H groups in total. The number of carbonyl (C=O) groups is 2. The first kappa shape index (κ1) is 35.4. The SMILES string of the molecule is O=C(CN1CCCN2CCN(CCc3ccccc3)CCCN(CC1)CC(CCC(=O)On1c(O)ccc1O)C2)OCc1ccccc1. The number of esters is 1. The van der Waals surface area contributed by atoms with E-state index in [0.29, 0.717) is 6.42 Å². The van der Waals surface area contributed by atoms with E-state index in [-0.39, 0.29) is 43.2 Å². The predicted molar refractivity (Wildman–Crippen MR) is 183 cm³/mol. The van der Waals surface area contributed by atoms with Crippen LogP contribution in [0.15, 0.2) is 72.8 Å². The molecule has 2 bridgehead atoms. The van der Waals surface area contributed by atoms with Crippen molar-refractivity contribution >= 4 is 11.9 Å². The predicted octanol–water partition coefficient (Wildman–Crippen LogP) is 3.25. The minimum atomic E-state index is -0.499. The molecule has 0 saturated carbocycles. The summed E-state index contributed by atoms with van der Waals surface area (Å²) >= 11 is 0. The van der Waals surface area contributed by atoms with E-state index >= 15 is 0 Å². The van der Waals surface area contributed by atoms with E-state index in [0.717, 1.165) is 102 Å². The summed E-state index contributed by atoms with van der Waals surface area (Å²) in [6.45, 7) is 10.4. The van der Waals surface area contributed by atoms with Gasteiger partial charge in [-0.1, -0.05) is 60.7 Å². The van der Waals surface area contributed by atoms with Crippen LogP contribution in [0.25, 0.3) is 0 Å². The van der Waals surface area contributed by atoms with Gasteiger partial charge in [-0.25, -0.2) is 4.79 Å². The molecule has 1 aromatic heterocycles. The van der Waals surface area contributed by atoms with Crippen LogP contribution >= 0.6 is 0 Å². The number of fused-ring (bicyclic) bond motifs is 4. The van der Waals surface area contributed by atoms with Crippen molar-refractivity contribution in [2.45, 2.75) is 38.7 Å². The van der Waals surface area contributed by atoms with Gasteiger partial charge in [0.2, 0.25) is 11.8 Å². The first-order valence-corrected chi connectivity index (χ1v) is 17.3. The fourth-order valence-corrected chi connectivity index (χ4v) is 6.63. The van der Waals surface area contributed by atoms with Crippen LogP contribution in [0.5, 0.6) is 11.8 Å². The standard InChI is InChI=1S/C37H51N5O6/c43-34-14-15-35(44)42(34)48-36(45)16-13-33-27-39-20-8-21-41(29-37(46)47-30-32-11-5-2-6-12-32)26-25-40(28-33)19-7-18-38(23-24-39)22-17-31-9-3-1-4-10-31/h1-6,9-12,14-15,33,43-44H,7-8,13,16-30H2. The van der Waals surface area contributed by atoms with Gasteiger partial charge >= 0.3 is 11.9 Å². The topological polar surface area (TPSA) is 111 Å². The van der Waals surface area contributed by atoms with E-state index in [4.69, 9.17) is 9.57 Å². The maximum atomic E-state index is 12.9. The van der Waals surface area contributed by atoms with Gasteiger partial charge in [0.15, 0.2) is 0 Å². The zero-order chi connectivity index (χ0) is 33.6. The van der Waals surface area contributed by atoms with Crippen LogP contribution in [0.3, 0.4) is 0 Å². The number of nitrogens with zero attached hydrogens (tertiary/aromatic N) is 5. The fraction of sp³-hybridized carbons (Fsp3) is 0.514. The third-order valence-electron chi connectivity index (χ3n) is 9.30. The Bertz CT molecular complexity index is 1380. The van der Waals surface area contributed by atoms with Crippen molar-refractivity contribution in [2.24, 2.45) is 5.92 Å². The largest absolute Gasteiger partial charge is 0.492 e. The summed E-state index contributed by atoms with van der Waals surface area (Å²) in [6.07, 6.45) is 3.79. The number of ether oxygens (including phenoxy) is 1. The first-order valence-electron chi connectivity index (χ1n) is 17.3. The molecule has 0 radical (unpaired) electrons. The molecule has 2 aliphatic heterocycles. The Kier molecular flexibility index (Phi) is 13.7. The quantitative estimate of drug-likeness (QED) is 0.297. The second-order valence-corrected chi connectivity index (χ2v) is 13.0. The molecule has 11 nitrogen and oxygen atoms in total. The Balaban J connectivity index is 1.23. The zero-order valence-electron chi connectivity index (χ0n) is 28.0. The lowest BCUT2D eigenvalue weighted by atomic mass is 10.0. The molecule has 11 heteroatoms. The van der Waals surface area contributed by atoms with E-state index in [2.05, 4.69) is 49.9 Å². The third-order valence-corrected chi connectivity index (χ3v) is 9.30. The molecule has 260 valence electrons. The van der Waals surface area contributed by atoms with Crippen molar-refractivity contribution in [1.29, 1.82) is 0 Å². The van der Waals surface area contributed by atoms with Crippen molar-refractivity contribution in [3.63, 3.8) is 0 Å². The molecule has 3 aromatic rings. The Morgan fingerprint density at radius 2 is 1.25 bits per heavy atom. The maximum absolute atomic E-state index is 12.9. The molecule has 2 aliphatic rings. The average molecular weight is 662 g/mol. The fourth-order valence-electron chi connectivity index (χ4n) is 6.63. The van der Waals surface area contributed by atoms with E-state index in [1.54, 1.807) is 0 Å². The van der Waals surface area contributed by atoms with E-state index < -0.39 is 5.97 Å². The number of aromatic nitrogens is 1. The van der Waals surface area contributed by atoms with Gasteiger partial charge in [0.1, 0.15) is 6.61 Å². The van der Waals surface area contributed by atoms with Crippen molar-refractivity contribution in [2.75, 3.05) is 78.5 Å². The number of hydrogen-bond donors (Lipinski definition) is 2. The zero-order valence-corrected chi connectivity index (χ0v) is 28.0. The Morgan fingerprint density at radius 3 is 1.90 bits per heavy atom. The lowest BCUT2D eigenvalue weighted by molar-refractivity contribution is -0.146. The highest BCUT2D eigenvalue weighted by atomic mass is 16.7. The summed E-state index contributed by atoms with van der Waals surface area (Å²) in [5, 5.41) is 19.8. The van der Waals surface area contributed by atoms with Gasteiger partial charge in [-0.3, -0.25) is 9.69 Å². The summed E-state index contributed by atoms with van der Waals surface area (Å²) in [7, 11) is 0. The summed E-state index contributed by atoms with van der Waals surface area (Å²) < 4.78 is 6.38.